The number of halogens is 1. The molecule has 0 unspecified atom stereocenters. The molecule has 25 heavy (non-hydrogen) atoms. The number of benzene rings is 2. The highest BCUT2D eigenvalue weighted by molar-refractivity contribution is 6.33. The van der Waals surface area contributed by atoms with Crippen molar-refractivity contribution in [3.05, 3.63) is 53.1 Å². The SMILES string of the molecule is CC(C)c1cccc(-c2c(Cl)cccc2OC(=O)NCCCCO)c1. The summed E-state index contributed by atoms with van der Waals surface area (Å²) in [6.45, 7) is 4.82. The summed E-state index contributed by atoms with van der Waals surface area (Å²) in [7, 11) is 0. The van der Waals surface area contributed by atoms with E-state index in [0.717, 1.165) is 5.56 Å². The summed E-state index contributed by atoms with van der Waals surface area (Å²) in [6, 6.07) is 13.3. The number of carbonyl (C=O) groups is 1. The molecule has 1 amide bonds. The third kappa shape index (κ3) is 5.48. The molecule has 0 radical (unpaired) electrons. The van der Waals surface area contributed by atoms with Gasteiger partial charge in [0.05, 0.1) is 5.02 Å². The Morgan fingerprint density at radius 1 is 1.20 bits per heavy atom. The van der Waals surface area contributed by atoms with Crippen molar-refractivity contribution in [2.75, 3.05) is 13.2 Å². The van der Waals surface area contributed by atoms with E-state index in [1.54, 1.807) is 18.2 Å². The standard InChI is InChI=1S/C20H24ClNO3/c1-14(2)15-7-5-8-16(13-15)19-17(21)9-6-10-18(19)25-20(24)22-11-3-4-12-23/h5-10,13-14,23H,3-4,11-12H2,1-2H3,(H,22,24). The lowest BCUT2D eigenvalue weighted by Gasteiger charge is -2.14. The van der Waals surface area contributed by atoms with Crippen molar-refractivity contribution >= 4 is 17.7 Å². The van der Waals surface area contributed by atoms with Crippen molar-refractivity contribution in [3.8, 4) is 16.9 Å². The van der Waals surface area contributed by atoms with Crippen molar-refractivity contribution in [3.63, 3.8) is 0 Å². The predicted octanol–water partition coefficient (Wildman–Crippen LogP) is 4.99. The zero-order valence-corrected chi connectivity index (χ0v) is 15.3. The van der Waals surface area contributed by atoms with E-state index in [9.17, 15) is 4.79 Å². The molecule has 5 heteroatoms. The fourth-order valence-electron chi connectivity index (χ4n) is 2.49. The number of aliphatic hydroxyl groups excluding tert-OH is 1. The zero-order chi connectivity index (χ0) is 18.2. The van der Waals surface area contributed by atoms with E-state index >= 15 is 0 Å². The second kappa shape index (κ2) is 9.44. The summed E-state index contributed by atoms with van der Waals surface area (Å²) < 4.78 is 5.46. The molecular weight excluding hydrogens is 338 g/mol. The van der Waals surface area contributed by atoms with E-state index in [1.165, 1.54) is 5.56 Å². The van der Waals surface area contributed by atoms with E-state index in [0.29, 0.717) is 41.6 Å². The van der Waals surface area contributed by atoms with Crippen LogP contribution in [0.5, 0.6) is 5.75 Å². The van der Waals surface area contributed by atoms with Crippen LogP contribution in [0.1, 0.15) is 38.2 Å². The lowest BCUT2D eigenvalue weighted by molar-refractivity contribution is 0.200. The average molecular weight is 362 g/mol. The van der Waals surface area contributed by atoms with Gasteiger partial charge < -0.3 is 15.2 Å². The molecule has 2 rings (SSSR count). The Bertz CT molecular complexity index is 716. The zero-order valence-electron chi connectivity index (χ0n) is 14.6. The summed E-state index contributed by atoms with van der Waals surface area (Å²) >= 11 is 6.39. The van der Waals surface area contributed by atoms with E-state index < -0.39 is 6.09 Å². The van der Waals surface area contributed by atoms with Gasteiger partial charge in [-0.15, -0.1) is 0 Å². The summed E-state index contributed by atoms with van der Waals surface area (Å²) in [5.41, 5.74) is 2.81. The second-order valence-corrected chi connectivity index (χ2v) is 6.55. The van der Waals surface area contributed by atoms with Crippen LogP contribution in [0.3, 0.4) is 0 Å². The fourth-order valence-corrected chi connectivity index (χ4v) is 2.76. The Kier molecular flexibility index (Phi) is 7.29. The molecule has 2 aromatic rings. The molecule has 0 aliphatic rings. The van der Waals surface area contributed by atoms with Crippen LogP contribution in [-0.2, 0) is 0 Å². The lowest BCUT2D eigenvalue weighted by atomic mass is 9.97. The first kappa shape index (κ1) is 19.3. The van der Waals surface area contributed by atoms with Crippen LogP contribution in [0.2, 0.25) is 5.02 Å². The number of hydrogen-bond donors (Lipinski definition) is 2. The minimum atomic E-state index is -0.526. The number of aliphatic hydroxyl groups is 1. The summed E-state index contributed by atoms with van der Waals surface area (Å²) in [5.74, 6) is 0.815. The summed E-state index contributed by atoms with van der Waals surface area (Å²) in [6.07, 6.45) is 0.816. The molecule has 2 aromatic carbocycles. The molecule has 0 bridgehead atoms. The predicted molar refractivity (Wildman–Crippen MR) is 101 cm³/mol. The number of ether oxygens (including phenoxy) is 1. The maximum absolute atomic E-state index is 12.0. The van der Waals surface area contributed by atoms with Crippen LogP contribution < -0.4 is 10.1 Å². The van der Waals surface area contributed by atoms with Gasteiger partial charge in [-0.05, 0) is 42.0 Å². The van der Waals surface area contributed by atoms with Crippen molar-refractivity contribution in [1.82, 2.24) is 5.32 Å². The van der Waals surface area contributed by atoms with Crippen LogP contribution in [0.25, 0.3) is 11.1 Å². The number of rotatable bonds is 7. The largest absolute Gasteiger partial charge is 0.412 e. The van der Waals surface area contributed by atoms with Crippen molar-refractivity contribution in [2.45, 2.75) is 32.6 Å². The number of carbonyl (C=O) groups excluding carboxylic acids is 1. The van der Waals surface area contributed by atoms with Crippen LogP contribution in [0.15, 0.2) is 42.5 Å². The lowest BCUT2D eigenvalue weighted by Crippen LogP contribution is -2.28. The number of amides is 1. The van der Waals surface area contributed by atoms with E-state index in [4.69, 9.17) is 21.4 Å². The molecule has 2 N–H and O–H groups in total. The van der Waals surface area contributed by atoms with Gasteiger partial charge >= 0.3 is 6.09 Å². The second-order valence-electron chi connectivity index (χ2n) is 6.14. The molecule has 0 saturated carbocycles. The van der Waals surface area contributed by atoms with Crippen molar-refractivity contribution < 1.29 is 14.6 Å². The summed E-state index contributed by atoms with van der Waals surface area (Å²) in [5, 5.41) is 12.0. The quantitative estimate of drug-likeness (QED) is 0.683. The third-order valence-electron chi connectivity index (χ3n) is 3.87. The Hall–Kier alpha value is -2.04. The molecule has 0 fully saturated rings. The molecule has 0 atom stereocenters. The first-order valence-corrected chi connectivity index (χ1v) is 8.86. The maximum Gasteiger partial charge on any atom is 0.412 e. The fraction of sp³-hybridized carbons (Fsp3) is 0.350. The minimum absolute atomic E-state index is 0.112. The van der Waals surface area contributed by atoms with Crippen LogP contribution >= 0.6 is 11.6 Å². The molecule has 0 aromatic heterocycles. The molecule has 0 spiro atoms. The smallest absolute Gasteiger partial charge is 0.410 e. The van der Waals surface area contributed by atoms with Gasteiger partial charge in [-0.2, -0.15) is 0 Å². The normalized spacial score (nSPS) is 10.8. The molecule has 0 heterocycles. The van der Waals surface area contributed by atoms with E-state index in [2.05, 4.69) is 31.3 Å². The van der Waals surface area contributed by atoms with Crippen LogP contribution in [0.4, 0.5) is 4.79 Å². The average Bonchev–Trinajstić information content (AvgIpc) is 2.59. The highest BCUT2D eigenvalue weighted by Gasteiger charge is 2.15. The number of hydrogen-bond acceptors (Lipinski definition) is 3. The van der Waals surface area contributed by atoms with E-state index in [1.807, 2.05) is 12.1 Å². The highest BCUT2D eigenvalue weighted by Crippen LogP contribution is 2.37. The molecular formula is C20H24ClNO3. The molecule has 0 saturated heterocycles. The van der Waals surface area contributed by atoms with Gasteiger partial charge in [0.15, 0.2) is 0 Å². The van der Waals surface area contributed by atoms with Crippen LogP contribution in [0, 0.1) is 0 Å². The Balaban J connectivity index is 2.22. The van der Waals surface area contributed by atoms with Gasteiger partial charge in [-0.3, -0.25) is 0 Å². The van der Waals surface area contributed by atoms with Gasteiger partial charge in [0, 0.05) is 18.7 Å². The van der Waals surface area contributed by atoms with Gasteiger partial charge in [-0.1, -0.05) is 55.8 Å². The molecule has 0 aliphatic carbocycles. The van der Waals surface area contributed by atoms with Gasteiger partial charge in [0.1, 0.15) is 5.75 Å². The minimum Gasteiger partial charge on any atom is -0.410 e. The van der Waals surface area contributed by atoms with Crippen LogP contribution in [-0.4, -0.2) is 24.4 Å². The topological polar surface area (TPSA) is 58.6 Å². The Labute approximate surface area is 153 Å². The number of nitrogens with one attached hydrogen (secondary N) is 1. The Morgan fingerprint density at radius 2 is 1.96 bits per heavy atom. The highest BCUT2D eigenvalue weighted by atomic mass is 35.5. The van der Waals surface area contributed by atoms with E-state index in [-0.39, 0.29) is 6.61 Å². The van der Waals surface area contributed by atoms with Gasteiger partial charge in [-0.25, -0.2) is 4.79 Å². The third-order valence-corrected chi connectivity index (χ3v) is 4.19. The molecule has 0 aliphatic heterocycles. The first-order chi connectivity index (χ1) is 12.0. The van der Waals surface area contributed by atoms with Crippen molar-refractivity contribution in [2.24, 2.45) is 0 Å². The first-order valence-electron chi connectivity index (χ1n) is 8.48. The van der Waals surface area contributed by atoms with Crippen molar-refractivity contribution in [1.29, 1.82) is 0 Å². The molecule has 134 valence electrons. The maximum atomic E-state index is 12.0. The van der Waals surface area contributed by atoms with Gasteiger partial charge in [0.2, 0.25) is 0 Å². The van der Waals surface area contributed by atoms with Gasteiger partial charge in [0.25, 0.3) is 0 Å². The monoisotopic (exact) mass is 361 g/mol. The molecule has 4 nitrogen and oxygen atoms in total. The number of unbranched alkanes of at least 4 members (excludes halogenated alkanes) is 1. The Morgan fingerprint density at radius 3 is 2.68 bits per heavy atom. The summed E-state index contributed by atoms with van der Waals surface area (Å²) in [4.78, 5) is 12.0.